The van der Waals surface area contributed by atoms with Gasteiger partial charge in [-0.1, -0.05) is 0 Å². The van der Waals surface area contributed by atoms with Crippen molar-refractivity contribution in [1.29, 1.82) is 0 Å². The van der Waals surface area contributed by atoms with Crippen LogP contribution in [-0.2, 0) is 10.0 Å². The third-order valence-electron chi connectivity index (χ3n) is 2.58. The minimum atomic E-state index is -4.24. The zero-order valence-electron chi connectivity index (χ0n) is 12.8. The van der Waals surface area contributed by atoms with Crippen molar-refractivity contribution in [2.45, 2.75) is 17.5 Å². The summed E-state index contributed by atoms with van der Waals surface area (Å²) >= 11 is 0. The van der Waals surface area contributed by atoms with Gasteiger partial charge in [0.1, 0.15) is 4.90 Å². The van der Waals surface area contributed by atoms with Gasteiger partial charge in [0.15, 0.2) is 5.96 Å². The number of alkyl halides is 3. The van der Waals surface area contributed by atoms with Crippen LogP contribution in [0.15, 0.2) is 34.4 Å². The second-order valence-electron chi connectivity index (χ2n) is 4.38. The van der Waals surface area contributed by atoms with Crippen molar-refractivity contribution in [2.24, 2.45) is 4.99 Å². The number of hydrogen-bond acceptors (Lipinski definition) is 4. The van der Waals surface area contributed by atoms with Gasteiger partial charge in [0.2, 0.25) is 10.0 Å². The van der Waals surface area contributed by atoms with E-state index in [4.69, 9.17) is 0 Å². The minimum absolute atomic E-state index is 0. The van der Waals surface area contributed by atoms with Crippen molar-refractivity contribution in [3.8, 4) is 0 Å². The number of guanidine groups is 1. The first-order chi connectivity index (χ1) is 10.7. The number of pyridine rings is 1. The van der Waals surface area contributed by atoms with Gasteiger partial charge < -0.3 is 10.6 Å². The number of rotatable bonds is 7. The molecule has 0 saturated carbocycles. The van der Waals surface area contributed by atoms with E-state index in [0.29, 0.717) is 0 Å². The Morgan fingerprint density at radius 2 is 1.92 bits per heavy atom. The van der Waals surface area contributed by atoms with E-state index >= 15 is 0 Å². The Morgan fingerprint density at radius 1 is 1.25 bits per heavy atom. The van der Waals surface area contributed by atoms with E-state index in [1.54, 1.807) is 0 Å². The summed E-state index contributed by atoms with van der Waals surface area (Å²) < 4.78 is 62.2. The molecule has 138 valence electrons. The van der Waals surface area contributed by atoms with Crippen LogP contribution in [0.1, 0.15) is 6.42 Å². The summed E-state index contributed by atoms with van der Waals surface area (Å²) in [4.78, 5) is 7.49. The highest BCUT2D eigenvalue weighted by molar-refractivity contribution is 14.0. The van der Waals surface area contributed by atoms with Crippen LogP contribution in [0.5, 0.6) is 0 Å². The van der Waals surface area contributed by atoms with Crippen molar-refractivity contribution in [1.82, 2.24) is 20.3 Å². The van der Waals surface area contributed by atoms with E-state index in [-0.39, 0.29) is 54.5 Å². The van der Waals surface area contributed by atoms with Gasteiger partial charge in [0.05, 0.1) is 6.42 Å². The van der Waals surface area contributed by atoms with Gasteiger partial charge in [-0.05, 0) is 12.1 Å². The fourth-order valence-corrected chi connectivity index (χ4v) is 2.49. The molecular formula is C12H19F3IN5O2S. The van der Waals surface area contributed by atoms with Crippen LogP contribution >= 0.6 is 24.0 Å². The Morgan fingerprint density at radius 3 is 2.46 bits per heavy atom. The maximum Gasteiger partial charge on any atom is 0.390 e. The molecule has 0 spiro atoms. The third-order valence-corrected chi connectivity index (χ3v) is 4.03. The molecule has 3 N–H and O–H groups in total. The van der Waals surface area contributed by atoms with Crippen molar-refractivity contribution in [3.05, 3.63) is 24.5 Å². The van der Waals surface area contributed by atoms with Crippen LogP contribution in [0.4, 0.5) is 13.2 Å². The van der Waals surface area contributed by atoms with Crippen molar-refractivity contribution < 1.29 is 21.6 Å². The van der Waals surface area contributed by atoms with E-state index in [0.717, 1.165) is 0 Å². The summed E-state index contributed by atoms with van der Waals surface area (Å²) in [6, 6.07) is 2.90. The fraction of sp³-hybridized carbons (Fsp3) is 0.500. The second-order valence-corrected chi connectivity index (χ2v) is 6.14. The molecular weight excluding hydrogens is 462 g/mol. The first kappa shape index (κ1) is 22.9. The van der Waals surface area contributed by atoms with E-state index in [1.165, 1.54) is 31.6 Å². The monoisotopic (exact) mass is 481 g/mol. The Labute approximate surface area is 155 Å². The standard InChI is InChI=1S/C12H18F3N5O2S.HI/c1-16-11(18-6-4-12(13,14)15)19-7-8-20-23(21,22)10-3-2-5-17-9-10;/h2-3,5,9,20H,4,6-8H2,1H3,(H2,16,18,19);1H. The number of halogens is 4. The highest BCUT2D eigenvalue weighted by atomic mass is 127. The molecule has 1 rings (SSSR count). The average Bonchev–Trinajstić information content (AvgIpc) is 2.49. The number of hydrogen-bond donors (Lipinski definition) is 3. The molecule has 0 fully saturated rings. The summed E-state index contributed by atoms with van der Waals surface area (Å²) in [5, 5.41) is 5.20. The maximum absolute atomic E-state index is 12.0. The molecule has 0 aliphatic carbocycles. The molecule has 12 heteroatoms. The van der Waals surface area contributed by atoms with Crippen LogP contribution < -0.4 is 15.4 Å². The second kappa shape index (κ2) is 10.7. The Hall–Kier alpha value is -1.15. The molecule has 1 aromatic rings. The predicted molar refractivity (Wildman–Crippen MR) is 94.9 cm³/mol. The zero-order chi connectivity index (χ0) is 17.3. The zero-order valence-corrected chi connectivity index (χ0v) is 15.9. The van der Waals surface area contributed by atoms with Crippen LogP contribution in [0.25, 0.3) is 0 Å². The van der Waals surface area contributed by atoms with Crippen molar-refractivity contribution in [2.75, 3.05) is 26.7 Å². The van der Waals surface area contributed by atoms with Crippen LogP contribution in [0.3, 0.4) is 0 Å². The molecule has 1 aromatic heterocycles. The van der Waals surface area contributed by atoms with Gasteiger partial charge in [-0.3, -0.25) is 9.98 Å². The summed E-state index contributed by atoms with van der Waals surface area (Å²) in [5.74, 6) is 0.162. The molecule has 0 aliphatic rings. The van der Waals surface area contributed by atoms with Crippen molar-refractivity contribution in [3.63, 3.8) is 0 Å². The van der Waals surface area contributed by atoms with Crippen LogP contribution in [-0.4, -0.2) is 52.2 Å². The lowest BCUT2D eigenvalue weighted by molar-refractivity contribution is -0.132. The Kier molecular flexibility index (Phi) is 10.1. The summed E-state index contributed by atoms with van der Waals surface area (Å²) in [6.45, 7) is -0.118. The average molecular weight is 481 g/mol. The molecule has 7 nitrogen and oxygen atoms in total. The predicted octanol–water partition coefficient (Wildman–Crippen LogP) is 1.10. The fourth-order valence-electron chi connectivity index (χ4n) is 1.50. The van der Waals surface area contributed by atoms with Gasteiger partial charge in [-0.25, -0.2) is 13.1 Å². The topological polar surface area (TPSA) is 95.5 Å². The third kappa shape index (κ3) is 9.22. The van der Waals surface area contributed by atoms with E-state index in [2.05, 4.69) is 25.3 Å². The van der Waals surface area contributed by atoms with Gasteiger partial charge >= 0.3 is 6.18 Å². The number of nitrogens with one attached hydrogen (secondary N) is 3. The molecule has 1 heterocycles. The van der Waals surface area contributed by atoms with Gasteiger partial charge in [-0.15, -0.1) is 24.0 Å². The molecule has 0 aliphatic heterocycles. The number of aromatic nitrogens is 1. The maximum atomic E-state index is 12.0. The number of nitrogens with zero attached hydrogens (tertiary/aromatic N) is 2. The summed E-state index contributed by atoms with van der Waals surface area (Å²) in [5.41, 5.74) is 0. The minimum Gasteiger partial charge on any atom is -0.356 e. The van der Waals surface area contributed by atoms with E-state index < -0.39 is 22.6 Å². The highest BCUT2D eigenvalue weighted by Gasteiger charge is 2.26. The SMILES string of the molecule is CN=C(NCCNS(=O)(=O)c1cccnc1)NCCC(F)(F)F.I. The molecule has 0 unspecified atom stereocenters. The van der Waals surface area contributed by atoms with E-state index in [1.807, 2.05) is 0 Å². The first-order valence-electron chi connectivity index (χ1n) is 6.65. The van der Waals surface area contributed by atoms with Gasteiger partial charge in [0, 0.05) is 39.1 Å². The molecule has 0 atom stereocenters. The van der Waals surface area contributed by atoms with Crippen LogP contribution in [0.2, 0.25) is 0 Å². The number of sulfonamides is 1. The summed E-state index contributed by atoms with van der Waals surface area (Å²) in [7, 11) is -2.26. The molecule has 0 amide bonds. The summed E-state index contributed by atoms with van der Waals surface area (Å²) in [6.07, 6.45) is -2.56. The first-order valence-corrected chi connectivity index (χ1v) is 8.14. The van der Waals surface area contributed by atoms with Crippen LogP contribution in [0, 0.1) is 0 Å². The van der Waals surface area contributed by atoms with Gasteiger partial charge in [0.25, 0.3) is 0 Å². The normalized spacial score (nSPS) is 12.4. The molecule has 0 bridgehead atoms. The molecule has 0 saturated heterocycles. The van der Waals surface area contributed by atoms with E-state index in [9.17, 15) is 21.6 Å². The Balaban J connectivity index is 0.00000529. The highest BCUT2D eigenvalue weighted by Crippen LogP contribution is 2.17. The molecule has 0 aromatic carbocycles. The van der Waals surface area contributed by atoms with Crippen molar-refractivity contribution >= 4 is 40.0 Å². The lowest BCUT2D eigenvalue weighted by Gasteiger charge is -2.13. The largest absolute Gasteiger partial charge is 0.390 e. The Bertz CT molecular complexity index is 611. The number of aliphatic imine (C=N–C) groups is 1. The lowest BCUT2D eigenvalue weighted by Crippen LogP contribution is -2.42. The van der Waals surface area contributed by atoms with Gasteiger partial charge in [-0.2, -0.15) is 13.2 Å². The lowest BCUT2D eigenvalue weighted by atomic mass is 10.4. The molecule has 0 radical (unpaired) electrons. The quantitative estimate of drug-likeness (QED) is 0.235. The molecule has 24 heavy (non-hydrogen) atoms. The smallest absolute Gasteiger partial charge is 0.356 e.